The number of methoxy groups -OCH3 is 3. The molecule has 2 aromatic carbocycles. The molecule has 0 unspecified atom stereocenters. The summed E-state index contributed by atoms with van der Waals surface area (Å²) in [7, 11) is 5.12. The minimum absolute atomic E-state index is 0.0286. The first-order chi connectivity index (χ1) is 25.5. The first-order valence-corrected chi connectivity index (χ1v) is 20.1. The van der Waals surface area contributed by atoms with Crippen LogP contribution in [0, 0.1) is 45.3 Å². The summed E-state index contributed by atoms with van der Waals surface area (Å²) in [4.78, 5) is 26.7. The number of benzene rings is 2. The number of ether oxygens (including phenoxy) is 5. The van der Waals surface area contributed by atoms with Gasteiger partial charge in [0, 0.05) is 18.4 Å². The zero-order valence-corrected chi connectivity index (χ0v) is 34.6. The second-order valence-corrected chi connectivity index (χ2v) is 18.4. The van der Waals surface area contributed by atoms with E-state index in [0.717, 1.165) is 50.5 Å². The lowest BCUT2D eigenvalue weighted by atomic mass is 9.38. The number of carbonyl (C=O) groups excluding carboxylic acids is 2. The summed E-state index contributed by atoms with van der Waals surface area (Å²) in [6.45, 7) is 18.7. The van der Waals surface area contributed by atoms with Crippen LogP contribution in [0.4, 0.5) is 0 Å². The standard InChI is InChI=1S/C47H64O7/c1-29(2)26-35(53-42(48)31-12-16-33(50-9)17-13-31)27-30(3)36-22-23-47(8)41-39(52-11)28-38-37(45(41,6)24-25-46(36,47)7)20-21-40(44(38,4)5)54-43(49)32-14-18-34(51-10)19-15-32/h12-19,26,28,30,35-37,39-41H,20-25,27H2,1-11H3/t30-,35+,36-,37-,39+,40+,41-,45+,46-,47+/m1/s1. The molecule has 0 spiro atoms. The molecule has 4 aliphatic rings. The molecule has 0 amide bonds. The third kappa shape index (κ3) is 6.92. The summed E-state index contributed by atoms with van der Waals surface area (Å²) in [5, 5.41) is 0. The van der Waals surface area contributed by atoms with Crippen molar-refractivity contribution in [3.8, 4) is 11.5 Å². The molecule has 10 atom stereocenters. The maximum atomic E-state index is 13.4. The molecule has 2 aromatic rings. The van der Waals surface area contributed by atoms with Crippen LogP contribution in [-0.4, -0.2) is 51.6 Å². The van der Waals surface area contributed by atoms with Gasteiger partial charge in [-0.2, -0.15) is 0 Å². The molecule has 0 N–H and O–H groups in total. The molecule has 54 heavy (non-hydrogen) atoms. The minimum Gasteiger partial charge on any atom is -0.497 e. The quantitative estimate of drug-likeness (QED) is 0.168. The Morgan fingerprint density at radius 1 is 0.778 bits per heavy atom. The smallest absolute Gasteiger partial charge is 0.338 e. The van der Waals surface area contributed by atoms with Crippen LogP contribution in [0.25, 0.3) is 0 Å². The highest BCUT2D eigenvalue weighted by atomic mass is 16.5. The Labute approximate surface area is 324 Å². The lowest BCUT2D eigenvalue weighted by molar-refractivity contribution is -0.183. The summed E-state index contributed by atoms with van der Waals surface area (Å²) in [5.74, 6) is 2.45. The Kier molecular flexibility index (Phi) is 11.3. The fraction of sp³-hybridized carbons (Fsp3) is 0.617. The van der Waals surface area contributed by atoms with E-state index in [0.29, 0.717) is 46.3 Å². The number of carbonyl (C=O) groups is 2. The van der Waals surface area contributed by atoms with Gasteiger partial charge in [0.25, 0.3) is 0 Å². The summed E-state index contributed by atoms with van der Waals surface area (Å²) >= 11 is 0. The van der Waals surface area contributed by atoms with Crippen molar-refractivity contribution in [2.45, 2.75) is 119 Å². The average Bonchev–Trinajstić information content (AvgIpc) is 3.42. The van der Waals surface area contributed by atoms with Crippen molar-refractivity contribution in [2.24, 2.45) is 45.3 Å². The molecule has 0 bridgehead atoms. The van der Waals surface area contributed by atoms with Crippen LogP contribution in [0.15, 0.2) is 71.8 Å². The summed E-state index contributed by atoms with van der Waals surface area (Å²) in [6, 6.07) is 14.3. The fourth-order valence-electron chi connectivity index (χ4n) is 12.0. The molecule has 4 aliphatic carbocycles. The molecule has 294 valence electrons. The van der Waals surface area contributed by atoms with E-state index in [1.807, 2.05) is 7.11 Å². The Morgan fingerprint density at radius 3 is 1.93 bits per heavy atom. The molecule has 0 radical (unpaired) electrons. The SMILES string of the molecule is COc1ccc(C(=O)O[C@H]2CC[C@@H]3C(=C[C@H](OC)[C@@H]4[C@@]3(C)CC[C@]3(C)[C@@H]([C@H](C)C[C@H](C=C(C)C)OC(=O)c5ccc(OC)cc5)CC[C@@]43C)C2(C)C)cc1. The monoisotopic (exact) mass is 740 g/mol. The number of rotatable bonds is 11. The van der Waals surface area contributed by atoms with Crippen molar-refractivity contribution in [2.75, 3.05) is 21.3 Å². The molecule has 6 rings (SSSR count). The summed E-state index contributed by atoms with van der Waals surface area (Å²) in [5.41, 5.74) is 3.51. The Hall–Kier alpha value is -3.58. The van der Waals surface area contributed by atoms with Crippen molar-refractivity contribution in [3.05, 3.63) is 83.0 Å². The van der Waals surface area contributed by atoms with Crippen LogP contribution in [-0.2, 0) is 14.2 Å². The maximum Gasteiger partial charge on any atom is 0.338 e. The first-order valence-electron chi connectivity index (χ1n) is 20.1. The van der Waals surface area contributed by atoms with Gasteiger partial charge in [0.2, 0.25) is 0 Å². The zero-order valence-electron chi connectivity index (χ0n) is 34.6. The van der Waals surface area contributed by atoms with Gasteiger partial charge in [0.15, 0.2) is 0 Å². The van der Waals surface area contributed by atoms with E-state index in [1.165, 1.54) is 5.57 Å². The molecule has 0 aromatic heterocycles. The van der Waals surface area contributed by atoms with Gasteiger partial charge >= 0.3 is 11.9 Å². The third-order valence-corrected chi connectivity index (χ3v) is 15.0. The van der Waals surface area contributed by atoms with Crippen molar-refractivity contribution in [1.29, 1.82) is 0 Å². The van der Waals surface area contributed by atoms with E-state index in [2.05, 4.69) is 67.5 Å². The first kappa shape index (κ1) is 40.1. The summed E-state index contributed by atoms with van der Waals surface area (Å²) < 4.78 is 29.6. The number of hydrogen-bond acceptors (Lipinski definition) is 7. The van der Waals surface area contributed by atoms with Gasteiger partial charge in [0.05, 0.1) is 31.5 Å². The maximum absolute atomic E-state index is 13.4. The highest BCUT2D eigenvalue weighted by molar-refractivity contribution is 5.90. The van der Waals surface area contributed by atoms with Crippen LogP contribution < -0.4 is 9.47 Å². The minimum atomic E-state index is -0.326. The van der Waals surface area contributed by atoms with Gasteiger partial charge < -0.3 is 23.7 Å². The van der Waals surface area contributed by atoms with Crippen LogP contribution >= 0.6 is 0 Å². The van der Waals surface area contributed by atoms with E-state index in [4.69, 9.17) is 23.7 Å². The largest absolute Gasteiger partial charge is 0.497 e. The highest BCUT2D eigenvalue weighted by Crippen LogP contribution is 2.75. The molecular formula is C47H64O7. The lowest BCUT2D eigenvalue weighted by Crippen LogP contribution is -2.63. The van der Waals surface area contributed by atoms with Gasteiger partial charge in [-0.1, -0.05) is 58.8 Å². The van der Waals surface area contributed by atoms with E-state index in [-0.39, 0.29) is 51.9 Å². The number of esters is 2. The van der Waals surface area contributed by atoms with Crippen molar-refractivity contribution >= 4 is 11.9 Å². The van der Waals surface area contributed by atoms with Crippen LogP contribution in [0.5, 0.6) is 11.5 Å². The molecule has 3 fully saturated rings. The van der Waals surface area contributed by atoms with Gasteiger partial charge in [-0.3, -0.25) is 0 Å². The average molecular weight is 741 g/mol. The Morgan fingerprint density at radius 2 is 1.37 bits per heavy atom. The Bertz CT molecular complexity index is 1740. The zero-order chi connectivity index (χ0) is 39.2. The number of fused-ring (bicyclic) bond motifs is 5. The van der Waals surface area contributed by atoms with Crippen molar-refractivity contribution < 1.29 is 33.3 Å². The predicted octanol–water partition coefficient (Wildman–Crippen LogP) is 10.7. The van der Waals surface area contributed by atoms with Gasteiger partial charge in [0.1, 0.15) is 23.7 Å². The Balaban J connectivity index is 1.22. The van der Waals surface area contributed by atoms with E-state index in [1.54, 1.807) is 62.8 Å². The molecule has 7 heteroatoms. The van der Waals surface area contributed by atoms with Gasteiger partial charge in [-0.15, -0.1) is 0 Å². The normalized spacial score (nSPS) is 33.5. The van der Waals surface area contributed by atoms with Gasteiger partial charge in [-0.05, 0) is 147 Å². The molecule has 0 heterocycles. The molecular weight excluding hydrogens is 677 g/mol. The van der Waals surface area contributed by atoms with Crippen LogP contribution in [0.3, 0.4) is 0 Å². The predicted molar refractivity (Wildman–Crippen MR) is 213 cm³/mol. The third-order valence-electron chi connectivity index (χ3n) is 15.0. The van der Waals surface area contributed by atoms with E-state index in [9.17, 15) is 9.59 Å². The number of hydrogen-bond donors (Lipinski definition) is 0. The lowest BCUT2D eigenvalue weighted by Gasteiger charge is -2.67. The molecule has 0 aliphatic heterocycles. The van der Waals surface area contributed by atoms with Crippen molar-refractivity contribution in [3.63, 3.8) is 0 Å². The van der Waals surface area contributed by atoms with Crippen LogP contribution in [0.1, 0.15) is 121 Å². The van der Waals surface area contributed by atoms with Gasteiger partial charge in [-0.25, -0.2) is 9.59 Å². The van der Waals surface area contributed by atoms with E-state index >= 15 is 0 Å². The number of allylic oxidation sites excluding steroid dienone is 1. The molecule has 0 saturated heterocycles. The van der Waals surface area contributed by atoms with Crippen LogP contribution in [0.2, 0.25) is 0 Å². The topological polar surface area (TPSA) is 80.3 Å². The second kappa shape index (κ2) is 15.2. The molecule has 7 nitrogen and oxygen atoms in total. The van der Waals surface area contributed by atoms with E-state index < -0.39 is 0 Å². The fourth-order valence-corrected chi connectivity index (χ4v) is 12.0. The van der Waals surface area contributed by atoms with Crippen molar-refractivity contribution in [1.82, 2.24) is 0 Å². The highest BCUT2D eigenvalue weighted by Gasteiger charge is 2.69. The second-order valence-electron chi connectivity index (χ2n) is 18.4. The summed E-state index contributed by atoms with van der Waals surface area (Å²) in [6.07, 6.45) is 11.2. The molecule has 3 saturated carbocycles.